The van der Waals surface area contributed by atoms with Gasteiger partial charge in [-0.1, -0.05) is 31.5 Å². The third-order valence-corrected chi connectivity index (χ3v) is 6.26. The Hall–Kier alpha value is -3.08. The van der Waals surface area contributed by atoms with Crippen molar-refractivity contribution in [3.05, 3.63) is 70.6 Å². The van der Waals surface area contributed by atoms with Gasteiger partial charge in [0.15, 0.2) is 0 Å². The van der Waals surface area contributed by atoms with Crippen molar-refractivity contribution < 1.29 is 19.1 Å². The SMILES string of the molecule is CCCCc1ccc(-c2nc(CCOc3ccc4c(c3)CCC4CC(=O)O)c(C)o2)cc1. The second kappa shape index (κ2) is 10.0. The minimum absolute atomic E-state index is 0.119. The van der Waals surface area contributed by atoms with Crippen LogP contribution in [0.25, 0.3) is 11.5 Å². The van der Waals surface area contributed by atoms with Crippen LogP contribution in [0, 0.1) is 6.92 Å². The predicted molar refractivity (Wildman–Crippen MR) is 124 cm³/mol. The zero-order chi connectivity index (χ0) is 22.5. The highest BCUT2D eigenvalue weighted by Gasteiger charge is 2.25. The summed E-state index contributed by atoms with van der Waals surface area (Å²) in [6.07, 6.45) is 6.18. The van der Waals surface area contributed by atoms with E-state index in [1.54, 1.807) is 0 Å². The molecule has 4 rings (SSSR count). The third-order valence-electron chi connectivity index (χ3n) is 6.26. The van der Waals surface area contributed by atoms with Gasteiger partial charge in [0.05, 0.1) is 18.7 Å². The standard InChI is InChI=1S/C27H31NO4/c1-3-4-5-19-6-8-20(9-7-19)27-28-25(18(2)32-27)14-15-31-23-12-13-24-21(16-23)10-11-22(24)17-26(29)30/h6-9,12-13,16,22H,3-5,10-11,14-15,17H2,1-2H3,(H,29,30). The summed E-state index contributed by atoms with van der Waals surface area (Å²) in [5.74, 6) is 1.68. The van der Waals surface area contributed by atoms with Gasteiger partial charge in [0.1, 0.15) is 11.5 Å². The van der Waals surface area contributed by atoms with Crippen LogP contribution >= 0.6 is 0 Å². The molecule has 1 atom stereocenters. The maximum atomic E-state index is 11.0. The first kappa shape index (κ1) is 22.1. The highest BCUT2D eigenvalue weighted by molar-refractivity contribution is 5.68. The van der Waals surface area contributed by atoms with Gasteiger partial charge in [-0.3, -0.25) is 4.79 Å². The molecule has 0 amide bonds. The van der Waals surface area contributed by atoms with E-state index in [0.717, 1.165) is 47.6 Å². The lowest BCUT2D eigenvalue weighted by molar-refractivity contribution is -0.137. The van der Waals surface area contributed by atoms with E-state index in [9.17, 15) is 4.79 Å². The van der Waals surface area contributed by atoms with Gasteiger partial charge in [-0.05, 0) is 79.5 Å². The molecule has 0 saturated carbocycles. The predicted octanol–water partition coefficient (Wildman–Crippen LogP) is 6.12. The number of unbranched alkanes of at least 4 members (excludes halogenated alkanes) is 1. The molecule has 1 heterocycles. The number of carboxylic acids is 1. The number of rotatable bonds is 10. The average molecular weight is 434 g/mol. The minimum atomic E-state index is -0.738. The first-order valence-corrected chi connectivity index (χ1v) is 11.6. The molecule has 1 aliphatic carbocycles. The van der Waals surface area contributed by atoms with Gasteiger partial charge in [-0.25, -0.2) is 4.98 Å². The second-order valence-corrected chi connectivity index (χ2v) is 8.61. The molecule has 1 aromatic heterocycles. The number of hydrogen-bond acceptors (Lipinski definition) is 4. The molecule has 32 heavy (non-hydrogen) atoms. The molecular weight excluding hydrogens is 402 g/mol. The lowest BCUT2D eigenvalue weighted by atomic mass is 9.98. The maximum Gasteiger partial charge on any atom is 0.303 e. The summed E-state index contributed by atoms with van der Waals surface area (Å²) < 4.78 is 11.9. The van der Waals surface area contributed by atoms with Crippen molar-refractivity contribution in [2.45, 2.75) is 64.7 Å². The van der Waals surface area contributed by atoms with Crippen LogP contribution in [0.1, 0.15) is 66.7 Å². The van der Waals surface area contributed by atoms with E-state index < -0.39 is 5.97 Å². The minimum Gasteiger partial charge on any atom is -0.493 e. The Morgan fingerprint density at radius 1 is 1.19 bits per heavy atom. The summed E-state index contributed by atoms with van der Waals surface area (Å²) in [4.78, 5) is 15.7. The fourth-order valence-corrected chi connectivity index (χ4v) is 4.44. The quantitative estimate of drug-likeness (QED) is 0.417. The van der Waals surface area contributed by atoms with E-state index >= 15 is 0 Å². The molecule has 5 nitrogen and oxygen atoms in total. The number of aliphatic carboxylic acids is 1. The van der Waals surface area contributed by atoms with Crippen LogP contribution in [0.4, 0.5) is 0 Å². The Morgan fingerprint density at radius 2 is 2.00 bits per heavy atom. The zero-order valence-electron chi connectivity index (χ0n) is 18.9. The summed E-state index contributed by atoms with van der Waals surface area (Å²) >= 11 is 0. The number of aromatic nitrogens is 1. The molecule has 0 fully saturated rings. The molecule has 0 aliphatic heterocycles. The fourth-order valence-electron chi connectivity index (χ4n) is 4.44. The lowest BCUT2D eigenvalue weighted by Crippen LogP contribution is -2.04. The van der Waals surface area contributed by atoms with Crippen molar-refractivity contribution >= 4 is 5.97 Å². The van der Waals surface area contributed by atoms with Crippen molar-refractivity contribution in [2.75, 3.05) is 6.61 Å². The van der Waals surface area contributed by atoms with E-state index in [2.05, 4.69) is 37.3 Å². The van der Waals surface area contributed by atoms with Gasteiger partial charge in [0.2, 0.25) is 5.89 Å². The smallest absolute Gasteiger partial charge is 0.303 e. The molecular formula is C27H31NO4. The number of hydrogen-bond donors (Lipinski definition) is 1. The molecule has 5 heteroatoms. The monoisotopic (exact) mass is 433 g/mol. The first-order valence-electron chi connectivity index (χ1n) is 11.6. The fraction of sp³-hybridized carbons (Fsp3) is 0.407. The maximum absolute atomic E-state index is 11.0. The number of oxazole rings is 1. The summed E-state index contributed by atoms with van der Waals surface area (Å²) in [7, 11) is 0. The molecule has 0 spiro atoms. The van der Waals surface area contributed by atoms with E-state index in [1.165, 1.54) is 24.0 Å². The van der Waals surface area contributed by atoms with Crippen molar-refractivity contribution in [3.63, 3.8) is 0 Å². The number of benzene rings is 2. The van der Waals surface area contributed by atoms with Crippen LogP contribution < -0.4 is 4.74 Å². The highest BCUT2D eigenvalue weighted by Crippen LogP contribution is 2.37. The largest absolute Gasteiger partial charge is 0.493 e. The molecule has 0 radical (unpaired) electrons. The topological polar surface area (TPSA) is 72.6 Å². The van der Waals surface area contributed by atoms with Crippen LogP contribution in [0.15, 0.2) is 46.9 Å². The van der Waals surface area contributed by atoms with E-state index in [0.29, 0.717) is 18.9 Å². The molecule has 1 unspecified atom stereocenters. The van der Waals surface area contributed by atoms with Gasteiger partial charge < -0.3 is 14.3 Å². The van der Waals surface area contributed by atoms with E-state index in [4.69, 9.17) is 19.2 Å². The summed E-state index contributed by atoms with van der Waals surface area (Å²) in [5.41, 5.74) is 5.61. The normalized spacial score (nSPS) is 15.0. The molecule has 3 aromatic rings. The molecule has 1 N–H and O–H groups in total. The molecule has 2 aromatic carbocycles. The van der Waals surface area contributed by atoms with Crippen LogP contribution in [-0.4, -0.2) is 22.7 Å². The van der Waals surface area contributed by atoms with Crippen molar-refractivity contribution in [3.8, 4) is 17.2 Å². The lowest BCUT2D eigenvalue weighted by Gasteiger charge is -2.10. The summed E-state index contributed by atoms with van der Waals surface area (Å²) in [5, 5.41) is 9.08. The number of carbonyl (C=O) groups is 1. The molecule has 0 bridgehead atoms. The number of nitrogens with zero attached hydrogens (tertiary/aromatic N) is 1. The van der Waals surface area contributed by atoms with Crippen molar-refractivity contribution in [2.24, 2.45) is 0 Å². The van der Waals surface area contributed by atoms with Crippen LogP contribution in [-0.2, 0) is 24.1 Å². The molecule has 168 valence electrons. The average Bonchev–Trinajstić information content (AvgIpc) is 3.35. The van der Waals surface area contributed by atoms with Crippen LogP contribution in [0.5, 0.6) is 5.75 Å². The number of carboxylic acid groups (broad SMARTS) is 1. The van der Waals surface area contributed by atoms with Gasteiger partial charge in [-0.15, -0.1) is 0 Å². The van der Waals surface area contributed by atoms with Crippen LogP contribution in [0.2, 0.25) is 0 Å². The molecule has 0 saturated heterocycles. The van der Waals surface area contributed by atoms with Gasteiger partial charge in [0.25, 0.3) is 0 Å². The zero-order valence-corrected chi connectivity index (χ0v) is 18.9. The third kappa shape index (κ3) is 5.21. The van der Waals surface area contributed by atoms with Crippen molar-refractivity contribution in [1.29, 1.82) is 0 Å². The highest BCUT2D eigenvalue weighted by atomic mass is 16.5. The Morgan fingerprint density at radius 3 is 2.75 bits per heavy atom. The number of fused-ring (bicyclic) bond motifs is 1. The Bertz CT molecular complexity index is 1070. The Kier molecular flexibility index (Phi) is 6.93. The Labute approximate surface area is 189 Å². The van der Waals surface area contributed by atoms with Gasteiger partial charge >= 0.3 is 5.97 Å². The van der Waals surface area contributed by atoms with Gasteiger partial charge in [-0.2, -0.15) is 0 Å². The second-order valence-electron chi connectivity index (χ2n) is 8.61. The number of ether oxygens (including phenoxy) is 1. The number of aryl methyl sites for hydroxylation is 3. The van der Waals surface area contributed by atoms with E-state index in [1.807, 2.05) is 19.1 Å². The van der Waals surface area contributed by atoms with E-state index in [-0.39, 0.29) is 12.3 Å². The summed E-state index contributed by atoms with van der Waals surface area (Å²) in [6, 6.07) is 14.5. The van der Waals surface area contributed by atoms with Crippen LogP contribution in [0.3, 0.4) is 0 Å². The first-order chi connectivity index (χ1) is 15.5. The summed E-state index contributed by atoms with van der Waals surface area (Å²) in [6.45, 7) is 4.66. The van der Waals surface area contributed by atoms with Crippen molar-refractivity contribution in [1.82, 2.24) is 4.98 Å². The molecule has 1 aliphatic rings. The van der Waals surface area contributed by atoms with Gasteiger partial charge in [0, 0.05) is 12.0 Å². The Balaban J connectivity index is 1.34.